The molecule has 8 heterocycles. The smallest absolute Gasteiger partial charge is 0.410 e. The van der Waals surface area contributed by atoms with Gasteiger partial charge in [-0.2, -0.15) is 9.97 Å². The van der Waals surface area contributed by atoms with E-state index in [9.17, 15) is 38.2 Å². The van der Waals surface area contributed by atoms with Crippen molar-refractivity contribution in [3.05, 3.63) is 152 Å². The number of benzene rings is 2. The summed E-state index contributed by atoms with van der Waals surface area (Å²) in [6.07, 6.45) is 5.04. The minimum Gasteiger partial charge on any atom is -0.507 e. The molecule has 2 fully saturated rings. The van der Waals surface area contributed by atoms with Gasteiger partial charge >= 0.3 is 17.5 Å². The number of halogens is 4. The number of carbonyl (C=O) groups excluding carboxylic acids is 2. The molecule has 23 heteroatoms. The van der Waals surface area contributed by atoms with Crippen LogP contribution in [0.5, 0.6) is 11.5 Å². The molecule has 0 aliphatic carbocycles. The second-order valence-electron chi connectivity index (χ2n) is 21.3. The summed E-state index contributed by atoms with van der Waals surface area (Å²) in [5.41, 5.74) is -0.136. The molecular weight excluding hydrogens is 1080 g/mol. The van der Waals surface area contributed by atoms with E-state index in [0.717, 1.165) is 29.8 Å². The van der Waals surface area contributed by atoms with E-state index in [1.165, 1.54) is 39.5 Å². The van der Waals surface area contributed by atoms with Crippen LogP contribution in [0.4, 0.5) is 34.0 Å². The number of rotatable bonds is 9. The van der Waals surface area contributed by atoms with E-state index < -0.39 is 80.4 Å². The Morgan fingerprint density at radius 3 is 1.46 bits per heavy atom. The molecule has 2 atom stereocenters. The van der Waals surface area contributed by atoms with Gasteiger partial charge in [-0.3, -0.25) is 14.8 Å². The highest BCUT2D eigenvalue weighted by Gasteiger charge is 2.35. The Hall–Kier alpha value is -9.28. The molecule has 19 nitrogen and oxygen atoms in total. The predicted octanol–water partition coefficient (Wildman–Crippen LogP) is 9.06. The number of carbonyl (C=O) groups is 2. The molecule has 8 aromatic rings. The fraction of sp³-hybridized carbons (Fsp3) is 0.333. The van der Waals surface area contributed by atoms with E-state index in [-0.39, 0.29) is 71.3 Å². The standard InChI is InChI=1S/C31H34F2N6O4.C29H28F2N6O3/c1-7-22-26(17(2)11-12-34-22)39-28-19(15-21(33)25(35-28)24-20(32)9-8-10-23(24)40)27(36-29(39)41)38-14-13-37(16-18(38)3)30(42)43-31(4,5)6;1-5-21-26(16(3)10-11-32-21)37-28-18(14-20(31)25(33-28)24-19(30)8-7-9-22(24)38)27(34-29(37)40)36-13-12-35(15-17(36)4)23(39)6-2/h8-12,15,18,40H,7,13-14,16H2,1-6H3;6-11,14,17,38H,2,5,12-13,15H2,1,3-4H3/t18-;17-/m00/s1. The molecule has 0 spiro atoms. The van der Waals surface area contributed by atoms with Gasteiger partial charge in [-0.25, -0.2) is 51.0 Å². The highest BCUT2D eigenvalue weighted by atomic mass is 19.1. The molecule has 2 aromatic carbocycles. The summed E-state index contributed by atoms with van der Waals surface area (Å²) >= 11 is 0. The van der Waals surface area contributed by atoms with Gasteiger partial charge in [0.1, 0.15) is 51.8 Å². The first kappa shape index (κ1) is 58.4. The van der Waals surface area contributed by atoms with Crippen molar-refractivity contribution >= 4 is 45.7 Å². The molecule has 10 rings (SSSR count). The number of hydrogen-bond acceptors (Lipinski definition) is 15. The minimum atomic E-state index is -0.903. The predicted molar refractivity (Wildman–Crippen MR) is 306 cm³/mol. The zero-order valence-corrected chi connectivity index (χ0v) is 47.3. The molecule has 0 radical (unpaired) electrons. The van der Waals surface area contributed by atoms with Crippen LogP contribution in [-0.4, -0.2) is 128 Å². The average Bonchev–Trinajstić information content (AvgIpc) is 1.72. The highest BCUT2D eigenvalue weighted by molar-refractivity contribution is 5.93. The Balaban J connectivity index is 0.000000200. The van der Waals surface area contributed by atoms with Crippen molar-refractivity contribution in [1.29, 1.82) is 0 Å². The third kappa shape index (κ3) is 11.3. The maximum atomic E-state index is 15.8. The Morgan fingerprint density at radius 1 is 0.651 bits per heavy atom. The van der Waals surface area contributed by atoms with Crippen molar-refractivity contribution in [1.82, 2.24) is 48.8 Å². The summed E-state index contributed by atoms with van der Waals surface area (Å²) < 4.78 is 69.4. The van der Waals surface area contributed by atoms with E-state index >= 15 is 8.78 Å². The minimum absolute atomic E-state index is 0.0293. The van der Waals surface area contributed by atoms with Crippen molar-refractivity contribution in [2.24, 2.45) is 0 Å². The molecule has 0 unspecified atom stereocenters. The number of aryl methyl sites for hydroxylation is 4. The van der Waals surface area contributed by atoms with Crippen LogP contribution in [-0.2, 0) is 22.4 Å². The fourth-order valence-corrected chi connectivity index (χ4v) is 10.6. The van der Waals surface area contributed by atoms with Gasteiger partial charge in [0.25, 0.3) is 0 Å². The van der Waals surface area contributed by atoms with Crippen LogP contribution in [0.2, 0.25) is 0 Å². The number of fused-ring (bicyclic) bond motifs is 2. The largest absolute Gasteiger partial charge is 0.507 e. The summed E-state index contributed by atoms with van der Waals surface area (Å²) in [4.78, 5) is 86.1. The SMILES string of the molecule is C=CC(=O)N1CCN(c2nc(=O)n(-c3c(C)ccnc3CC)c3nc(-c4c(O)cccc4F)c(F)cc23)[C@@H](C)C1.CCc1nccc(C)c1-n1c(=O)nc(N2CCN(C(=O)OC(C)(C)C)C[C@@H]2C)c2cc(F)c(-c3c(O)cccc3F)nc21. The van der Waals surface area contributed by atoms with E-state index in [1.807, 2.05) is 51.3 Å². The van der Waals surface area contributed by atoms with Gasteiger partial charge in [-0.15, -0.1) is 0 Å². The van der Waals surface area contributed by atoms with Crippen molar-refractivity contribution in [3.8, 4) is 45.4 Å². The van der Waals surface area contributed by atoms with E-state index in [1.54, 1.807) is 55.1 Å². The summed E-state index contributed by atoms with van der Waals surface area (Å²) in [6.45, 7) is 21.9. The Morgan fingerprint density at radius 2 is 1.07 bits per heavy atom. The number of piperazine rings is 2. The number of pyridine rings is 4. The lowest BCUT2D eigenvalue weighted by Crippen LogP contribution is -2.55. The first-order valence-corrected chi connectivity index (χ1v) is 27.0. The number of nitrogens with zero attached hydrogens (tertiary/aromatic N) is 12. The number of phenols is 2. The van der Waals surface area contributed by atoms with E-state index in [2.05, 4.69) is 36.5 Å². The van der Waals surface area contributed by atoms with Crippen LogP contribution in [0.25, 0.3) is 56.0 Å². The molecular formula is C60H62F4N12O7. The molecule has 2 aliphatic heterocycles. The quantitative estimate of drug-likeness (QED) is 0.102. The van der Waals surface area contributed by atoms with Gasteiger partial charge in [0, 0.05) is 63.7 Å². The monoisotopic (exact) mass is 1140 g/mol. The van der Waals surface area contributed by atoms with Gasteiger partial charge in [0.15, 0.2) is 22.9 Å². The molecule has 2 N–H and O–H groups in total. The first-order chi connectivity index (χ1) is 39.5. The van der Waals surface area contributed by atoms with E-state index in [0.29, 0.717) is 60.8 Å². The Kier molecular flexibility index (Phi) is 16.4. The van der Waals surface area contributed by atoms with Gasteiger partial charge in [-0.1, -0.05) is 32.6 Å². The number of anilines is 2. The zero-order chi connectivity index (χ0) is 59.9. The van der Waals surface area contributed by atoms with Crippen molar-refractivity contribution < 1.29 is 42.1 Å². The number of aromatic nitrogens is 8. The zero-order valence-electron chi connectivity index (χ0n) is 47.3. The van der Waals surface area contributed by atoms with Crippen molar-refractivity contribution in [3.63, 3.8) is 0 Å². The number of ether oxygens (including phenoxy) is 1. The van der Waals surface area contributed by atoms with Crippen LogP contribution >= 0.6 is 0 Å². The highest BCUT2D eigenvalue weighted by Crippen LogP contribution is 2.39. The normalized spacial score (nSPS) is 15.6. The topological polar surface area (TPSA) is 218 Å². The second-order valence-corrected chi connectivity index (χ2v) is 21.3. The summed E-state index contributed by atoms with van der Waals surface area (Å²) in [5.74, 6) is -4.34. The van der Waals surface area contributed by atoms with Crippen molar-refractivity contribution in [2.45, 2.75) is 92.8 Å². The van der Waals surface area contributed by atoms with Gasteiger partial charge in [0.2, 0.25) is 5.91 Å². The molecule has 0 bridgehead atoms. The van der Waals surface area contributed by atoms with Gasteiger partial charge in [-0.05, 0) is 127 Å². The Labute approximate surface area is 474 Å². The lowest BCUT2D eigenvalue weighted by molar-refractivity contribution is -0.126. The molecule has 2 aliphatic rings. The molecule has 2 saturated heterocycles. The molecule has 432 valence electrons. The average molecular weight is 1140 g/mol. The molecule has 6 aromatic heterocycles. The lowest BCUT2D eigenvalue weighted by Gasteiger charge is -2.41. The summed E-state index contributed by atoms with van der Waals surface area (Å²) in [5, 5.41) is 21.3. The third-order valence-electron chi connectivity index (χ3n) is 14.5. The van der Waals surface area contributed by atoms with Crippen LogP contribution in [0.1, 0.15) is 71.0 Å². The number of phenolic OH excluding ortho intramolecular Hbond substituents is 2. The van der Waals surface area contributed by atoms with Gasteiger partial charge in [0.05, 0.1) is 44.7 Å². The van der Waals surface area contributed by atoms with E-state index in [4.69, 9.17) is 4.74 Å². The lowest BCUT2D eigenvalue weighted by atomic mass is 10.1. The fourth-order valence-electron chi connectivity index (χ4n) is 10.6. The van der Waals surface area contributed by atoms with Crippen LogP contribution in [0, 0.1) is 37.1 Å². The molecule has 0 saturated carbocycles. The maximum absolute atomic E-state index is 15.8. The molecule has 2 amide bonds. The van der Waals surface area contributed by atoms with Crippen LogP contribution in [0.3, 0.4) is 0 Å². The number of amides is 2. The number of hydrogen-bond donors (Lipinski definition) is 2. The first-order valence-electron chi connectivity index (χ1n) is 27.0. The maximum Gasteiger partial charge on any atom is 0.410 e. The number of aromatic hydroxyl groups is 2. The third-order valence-corrected chi connectivity index (χ3v) is 14.5. The summed E-state index contributed by atoms with van der Waals surface area (Å²) in [7, 11) is 0. The summed E-state index contributed by atoms with van der Waals surface area (Å²) in [6, 6.07) is 12.5. The van der Waals surface area contributed by atoms with Crippen LogP contribution in [0.15, 0.2) is 95.3 Å². The van der Waals surface area contributed by atoms with Crippen LogP contribution < -0.4 is 21.2 Å². The Bertz CT molecular complexity index is 3980. The van der Waals surface area contributed by atoms with Gasteiger partial charge < -0.3 is 34.5 Å². The second kappa shape index (κ2) is 23.3. The molecule has 83 heavy (non-hydrogen) atoms. The van der Waals surface area contributed by atoms with Crippen molar-refractivity contribution in [2.75, 3.05) is 49.1 Å².